The molecule has 178 valence electrons. The van der Waals surface area contributed by atoms with Crippen molar-refractivity contribution in [1.29, 1.82) is 0 Å². The van der Waals surface area contributed by atoms with Crippen LogP contribution in [0.3, 0.4) is 0 Å². The molecule has 0 atom stereocenters. The molecule has 0 saturated carbocycles. The first-order valence-corrected chi connectivity index (χ1v) is 12.3. The number of aryl methyl sites for hydroxylation is 1. The molecule has 2 aromatic heterocycles. The van der Waals surface area contributed by atoms with Crippen LogP contribution < -0.4 is 4.74 Å². The first-order chi connectivity index (χ1) is 16.6. The molecular formula is C27H29NO5S. The van der Waals surface area contributed by atoms with Crippen molar-refractivity contribution in [3.05, 3.63) is 71.6 Å². The number of benzene rings is 2. The van der Waals surface area contributed by atoms with E-state index in [1.807, 2.05) is 43.3 Å². The van der Waals surface area contributed by atoms with E-state index in [1.54, 1.807) is 18.3 Å². The summed E-state index contributed by atoms with van der Waals surface area (Å²) >= 11 is 1.69. The predicted molar refractivity (Wildman–Crippen MR) is 133 cm³/mol. The summed E-state index contributed by atoms with van der Waals surface area (Å²) in [5.74, 6) is 2.09. The van der Waals surface area contributed by atoms with Crippen LogP contribution in [0, 0.1) is 6.92 Å². The van der Waals surface area contributed by atoms with Gasteiger partial charge in [0.1, 0.15) is 11.5 Å². The Morgan fingerprint density at radius 1 is 1.03 bits per heavy atom. The summed E-state index contributed by atoms with van der Waals surface area (Å²) in [7, 11) is 0. The summed E-state index contributed by atoms with van der Waals surface area (Å²) in [5, 5.41) is 1.20. The van der Waals surface area contributed by atoms with E-state index >= 15 is 0 Å². The summed E-state index contributed by atoms with van der Waals surface area (Å²) in [6.45, 7) is 5.61. The van der Waals surface area contributed by atoms with E-state index in [-0.39, 0.29) is 12.4 Å². The molecule has 0 unspecified atom stereocenters. The van der Waals surface area contributed by atoms with E-state index in [0.717, 1.165) is 34.1 Å². The molecular weight excluding hydrogens is 450 g/mol. The highest BCUT2D eigenvalue weighted by Gasteiger charge is 2.14. The summed E-state index contributed by atoms with van der Waals surface area (Å²) in [4.78, 5) is 17.0. The monoisotopic (exact) mass is 479 g/mol. The molecule has 0 aliphatic heterocycles. The zero-order chi connectivity index (χ0) is 23.8. The zero-order valence-corrected chi connectivity index (χ0v) is 20.4. The van der Waals surface area contributed by atoms with Gasteiger partial charge in [-0.2, -0.15) is 0 Å². The van der Waals surface area contributed by atoms with Gasteiger partial charge >= 0.3 is 5.97 Å². The fraction of sp³-hybridized carbons (Fsp3) is 0.333. The lowest BCUT2D eigenvalue weighted by Crippen LogP contribution is -2.09. The number of esters is 1. The van der Waals surface area contributed by atoms with Gasteiger partial charge in [0, 0.05) is 11.1 Å². The van der Waals surface area contributed by atoms with Gasteiger partial charge in [-0.3, -0.25) is 4.79 Å². The van der Waals surface area contributed by atoms with Crippen LogP contribution in [0.2, 0.25) is 0 Å². The SMILES string of the molecule is CCOC(=O)CCOCCc1ccc(OCCc2nc(-c3cc4ccccc4s3)oc2C)cc1. The number of fused-ring (bicyclic) bond motifs is 1. The van der Waals surface area contributed by atoms with Crippen LogP contribution in [-0.2, 0) is 27.1 Å². The van der Waals surface area contributed by atoms with Crippen LogP contribution in [0.4, 0.5) is 0 Å². The molecule has 6 nitrogen and oxygen atoms in total. The van der Waals surface area contributed by atoms with Gasteiger partial charge < -0.3 is 18.6 Å². The number of thiophene rings is 1. The highest BCUT2D eigenvalue weighted by Crippen LogP contribution is 2.33. The number of carbonyl (C=O) groups excluding carboxylic acids is 1. The fourth-order valence-electron chi connectivity index (χ4n) is 3.55. The van der Waals surface area contributed by atoms with Crippen molar-refractivity contribution >= 4 is 27.4 Å². The quantitative estimate of drug-likeness (QED) is 0.183. The van der Waals surface area contributed by atoms with Crippen molar-refractivity contribution in [1.82, 2.24) is 4.98 Å². The third-order valence-electron chi connectivity index (χ3n) is 5.35. The standard InChI is InChI=1S/C27H29NO5S/c1-3-31-26(29)14-16-30-15-12-20-8-10-22(11-9-20)32-17-13-23-19(2)33-27(28-23)25-18-21-6-4-5-7-24(21)34-25/h4-11,18H,3,12-17H2,1-2H3. The number of hydrogen-bond donors (Lipinski definition) is 0. The minimum absolute atomic E-state index is 0.221. The average Bonchev–Trinajstić information content (AvgIpc) is 3.43. The van der Waals surface area contributed by atoms with Crippen LogP contribution in [0.5, 0.6) is 5.75 Å². The second-order valence-electron chi connectivity index (χ2n) is 7.83. The Morgan fingerprint density at radius 3 is 2.65 bits per heavy atom. The lowest BCUT2D eigenvalue weighted by molar-refractivity contribution is -0.144. The number of oxazole rings is 1. The Kier molecular flexibility index (Phi) is 8.33. The van der Waals surface area contributed by atoms with Crippen molar-refractivity contribution in [2.75, 3.05) is 26.4 Å². The van der Waals surface area contributed by atoms with Crippen LogP contribution >= 0.6 is 11.3 Å². The van der Waals surface area contributed by atoms with Crippen molar-refractivity contribution < 1.29 is 23.4 Å². The molecule has 4 rings (SSSR count). The number of aromatic nitrogens is 1. The summed E-state index contributed by atoms with van der Waals surface area (Å²) in [5.41, 5.74) is 2.08. The summed E-state index contributed by atoms with van der Waals surface area (Å²) in [6.07, 6.45) is 1.75. The lowest BCUT2D eigenvalue weighted by Gasteiger charge is -2.07. The molecule has 0 aliphatic rings. The smallest absolute Gasteiger partial charge is 0.308 e. The molecule has 0 saturated heterocycles. The van der Waals surface area contributed by atoms with E-state index in [9.17, 15) is 4.79 Å². The van der Waals surface area contributed by atoms with Gasteiger partial charge in [-0.25, -0.2) is 4.98 Å². The van der Waals surface area contributed by atoms with E-state index in [4.69, 9.17) is 23.6 Å². The molecule has 0 bridgehead atoms. The second-order valence-corrected chi connectivity index (χ2v) is 8.91. The molecule has 2 heterocycles. The van der Waals surface area contributed by atoms with E-state index < -0.39 is 0 Å². The molecule has 7 heteroatoms. The molecule has 34 heavy (non-hydrogen) atoms. The minimum atomic E-state index is -0.221. The Morgan fingerprint density at radius 2 is 1.85 bits per heavy atom. The molecule has 0 N–H and O–H groups in total. The predicted octanol–water partition coefficient (Wildman–Crippen LogP) is 6.00. The maximum Gasteiger partial charge on any atom is 0.308 e. The van der Waals surface area contributed by atoms with Crippen molar-refractivity contribution in [3.63, 3.8) is 0 Å². The van der Waals surface area contributed by atoms with E-state index in [2.05, 4.69) is 18.2 Å². The van der Waals surface area contributed by atoms with E-state index in [1.165, 1.54) is 10.1 Å². The van der Waals surface area contributed by atoms with Gasteiger partial charge in [0.25, 0.3) is 0 Å². The molecule has 4 aromatic rings. The number of ether oxygens (including phenoxy) is 3. The Hall–Kier alpha value is -3.16. The second kappa shape index (κ2) is 11.8. The number of carbonyl (C=O) groups is 1. The molecule has 0 aliphatic carbocycles. The maximum absolute atomic E-state index is 11.3. The Balaban J connectivity index is 1.21. The zero-order valence-electron chi connectivity index (χ0n) is 19.5. The summed E-state index contributed by atoms with van der Waals surface area (Å²) in [6, 6.07) is 18.4. The molecule has 0 fully saturated rings. The Bertz CT molecular complexity index is 1180. The fourth-order valence-corrected chi connectivity index (χ4v) is 4.54. The normalized spacial score (nSPS) is 11.1. The first kappa shape index (κ1) is 24.0. The molecule has 0 radical (unpaired) electrons. The highest BCUT2D eigenvalue weighted by molar-refractivity contribution is 7.22. The molecule has 2 aromatic carbocycles. The van der Waals surface area contributed by atoms with Crippen molar-refractivity contribution in [2.24, 2.45) is 0 Å². The van der Waals surface area contributed by atoms with Crippen molar-refractivity contribution in [3.8, 4) is 16.5 Å². The topological polar surface area (TPSA) is 70.8 Å². The Labute approximate surface area is 203 Å². The van der Waals surface area contributed by atoms with Crippen LogP contribution in [-0.4, -0.2) is 37.4 Å². The van der Waals surface area contributed by atoms with Gasteiger partial charge in [0.15, 0.2) is 0 Å². The largest absolute Gasteiger partial charge is 0.493 e. The first-order valence-electron chi connectivity index (χ1n) is 11.5. The maximum atomic E-state index is 11.3. The number of nitrogens with zero attached hydrogens (tertiary/aromatic N) is 1. The number of rotatable bonds is 12. The third-order valence-corrected chi connectivity index (χ3v) is 6.45. The molecule has 0 spiro atoms. The van der Waals surface area contributed by atoms with Gasteiger partial charge in [0.05, 0.1) is 43.4 Å². The van der Waals surface area contributed by atoms with Crippen LogP contribution in [0.1, 0.15) is 30.4 Å². The van der Waals surface area contributed by atoms with Crippen LogP contribution in [0.25, 0.3) is 20.9 Å². The third kappa shape index (κ3) is 6.46. The molecule has 0 amide bonds. The summed E-state index contributed by atoms with van der Waals surface area (Å²) < 4.78 is 23.5. The lowest BCUT2D eigenvalue weighted by atomic mass is 10.1. The van der Waals surface area contributed by atoms with Gasteiger partial charge in [-0.1, -0.05) is 30.3 Å². The average molecular weight is 480 g/mol. The highest BCUT2D eigenvalue weighted by atomic mass is 32.1. The minimum Gasteiger partial charge on any atom is -0.493 e. The van der Waals surface area contributed by atoms with Crippen LogP contribution in [0.15, 0.2) is 59.0 Å². The number of hydrogen-bond acceptors (Lipinski definition) is 7. The van der Waals surface area contributed by atoms with E-state index in [0.29, 0.717) is 38.7 Å². The van der Waals surface area contributed by atoms with Gasteiger partial charge in [-0.05, 0) is 55.5 Å². The van der Waals surface area contributed by atoms with Gasteiger partial charge in [-0.15, -0.1) is 11.3 Å². The van der Waals surface area contributed by atoms with Crippen molar-refractivity contribution in [2.45, 2.75) is 33.1 Å². The van der Waals surface area contributed by atoms with Gasteiger partial charge in [0.2, 0.25) is 5.89 Å².